The summed E-state index contributed by atoms with van der Waals surface area (Å²) in [6.07, 6.45) is 1.66. The number of carbonyl (C=O) groups excluding carboxylic acids is 1. The normalized spacial score (nSPS) is 17.9. The molecule has 0 atom stereocenters. The predicted octanol–water partition coefficient (Wildman–Crippen LogP) is 2.34. The topological polar surface area (TPSA) is 55.8 Å². The van der Waals surface area contributed by atoms with Crippen molar-refractivity contribution in [3.05, 3.63) is 60.4 Å². The highest BCUT2D eigenvalue weighted by Gasteiger charge is 2.25. The van der Waals surface area contributed by atoms with E-state index >= 15 is 0 Å². The van der Waals surface area contributed by atoms with Gasteiger partial charge < -0.3 is 19.6 Å². The van der Waals surface area contributed by atoms with Crippen molar-refractivity contribution in [3.63, 3.8) is 0 Å². The molecular formula is C24H28N6O. The SMILES string of the molecule is CN1CCN(c2cc(N3CCN(C(=O)c4cccc5ccccc45)CC3)ncn2)CC1. The van der Waals surface area contributed by atoms with Gasteiger partial charge in [-0.15, -0.1) is 0 Å². The summed E-state index contributed by atoms with van der Waals surface area (Å²) >= 11 is 0. The second-order valence-corrected chi connectivity index (χ2v) is 8.33. The highest BCUT2D eigenvalue weighted by Crippen LogP contribution is 2.23. The summed E-state index contributed by atoms with van der Waals surface area (Å²) in [4.78, 5) is 31.1. The molecule has 2 saturated heterocycles. The van der Waals surface area contributed by atoms with Gasteiger partial charge in [0.15, 0.2) is 0 Å². The third-order valence-electron chi connectivity index (χ3n) is 6.38. The second-order valence-electron chi connectivity index (χ2n) is 8.33. The minimum Gasteiger partial charge on any atom is -0.354 e. The molecule has 0 saturated carbocycles. The Morgan fingerprint density at radius 2 is 1.39 bits per heavy atom. The van der Waals surface area contributed by atoms with Gasteiger partial charge >= 0.3 is 0 Å². The zero-order valence-electron chi connectivity index (χ0n) is 17.9. The van der Waals surface area contributed by atoms with Crippen molar-refractivity contribution in [3.8, 4) is 0 Å². The van der Waals surface area contributed by atoms with Gasteiger partial charge in [0.05, 0.1) is 0 Å². The molecule has 0 N–H and O–H groups in total. The first-order valence-corrected chi connectivity index (χ1v) is 11.0. The lowest BCUT2D eigenvalue weighted by Crippen LogP contribution is -2.49. The summed E-state index contributed by atoms with van der Waals surface area (Å²) in [5, 5.41) is 2.12. The molecule has 0 bridgehead atoms. The Kier molecular flexibility index (Phi) is 5.42. The van der Waals surface area contributed by atoms with Crippen LogP contribution in [0.1, 0.15) is 10.4 Å². The molecule has 0 spiro atoms. The molecule has 2 aliphatic heterocycles. The molecule has 0 aliphatic carbocycles. The third-order valence-corrected chi connectivity index (χ3v) is 6.38. The maximum Gasteiger partial charge on any atom is 0.254 e. The van der Waals surface area contributed by atoms with Crippen molar-refractivity contribution in [1.29, 1.82) is 0 Å². The van der Waals surface area contributed by atoms with Gasteiger partial charge in [0, 0.05) is 64.0 Å². The lowest BCUT2D eigenvalue weighted by atomic mass is 10.0. The largest absolute Gasteiger partial charge is 0.354 e. The first-order valence-electron chi connectivity index (χ1n) is 11.0. The molecule has 2 aliphatic rings. The molecule has 1 amide bonds. The lowest BCUT2D eigenvalue weighted by Gasteiger charge is -2.36. The van der Waals surface area contributed by atoms with Crippen molar-refractivity contribution < 1.29 is 4.79 Å². The van der Waals surface area contributed by atoms with Crippen molar-refractivity contribution in [1.82, 2.24) is 19.8 Å². The van der Waals surface area contributed by atoms with Crippen LogP contribution in [0.3, 0.4) is 0 Å². The minimum atomic E-state index is 0.109. The monoisotopic (exact) mass is 416 g/mol. The Bertz CT molecular complexity index is 1070. The summed E-state index contributed by atoms with van der Waals surface area (Å²) in [5.74, 6) is 2.05. The van der Waals surface area contributed by atoms with E-state index in [0.29, 0.717) is 13.1 Å². The van der Waals surface area contributed by atoms with Crippen LogP contribution in [0.25, 0.3) is 10.8 Å². The van der Waals surface area contributed by atoms with E-state index in [1.807, 2.05) is 35.2 Å². The molecule has 160 valence electrons. The van der Waals surface area contributed by atoms with Crippen molar-refractivity contribution >= 4 is 28.3 Å². The Hall–Kier alpha value is -3.19. The van der Waals surface area contributed by atoms with E-state index in [9.17, 15) is 4.79 Å². The van der Waals surface area contributed by atoms with Gasteiger partial charge in [-0.1, -0.05) is 36.4 Å². The average Bonchev–Trinajstić information content (AvgIpc) is 2.84. The molecule has 5 rings (SSSR count). The first-order chi connectivity index (χ1) is 15.2. The molecule has 2 fully saturated rings. The van der Waals surface area contributed by atoms with Gasteiger partial charge in [0.25, 0.3) is 5.91 Å². The standard InChI is InChI=1S/C24H28N6O/c1-27-9-11-28(12-10-27)22-17-23(26-18-25-22)29-13-15-30(16-14-29)24(31)21-8-4-6-19-5-2-3-7-20(19)21/h2-8,17-18H,9-16H2,1H3. The maximum absolute atomic E-state index is 13.2. The van der Waals surface area contributed by atoms with Crippen molar-refractivity contribution in [2.75, 3.05) is 69.2 Å². The molecular weight excluding hydrogens is 388 g/mol. The number of aromatic nitrogens is 2. The molecule has 7 nitrogen and oxygen atoms in total. The van der Waals surface area contributed by atoms with E-state index < -0.39 is 0 Å². The Morgan fingerprint density at radius 1 is 0.774 bits per heavy atom. The fourth-order valence-electron chi connectivity index (χ4n) is 4.44. The summed E-state index contributed by atoms with van der Waals surface area (Å²) < 4.78 is 0. The second kappa shape index (κ2) is 8.51. The summed E-state index contributed by atoms with van der Waals surface area (Å²) in [5.41, 5.74) is 0.783. The van der Waals surface area contributed by atoms with E-state index in [4.69, 9.17) is 0 Å². The number of nitrogens with zero attached hydrogens (tertiary/aromatic N) is 6. The van der Waals surface area contributed by atoms with Crippen LogP contribution in [0.15, 0.2) is 54.9 Å². The summed E-state index contributed by atoms with van der Waals surface area (Å²) in [6, 6.07) is 16.1. The molecule has 3 aromatic rings. The van der Waals surface area contributed by atoms with Crippen LogP contribution in [-0.4, -0.2) is 85.1 Å². The van der Waals surface area contributed by atoms with Crippen LogP contribution in [0, 0.1) is 0 Å². The molecule has 0 radical (unpaired) electrons. The number of rotatable bonds is 3. The van der Waals surface area contributed by atoms with Gasteiger partial charge in [-0.05, 0) is 23.9 Å². The number of hydrogen-bond donors (Lipinski definition) is 0. The Balaban J connectivity index is 1.26. The lowest BCUT2D eigenvalue weighted by molar-refractivity contribution is 0.0748. The zero-order chi connectivity index (χ0) is 21.2. The van der Waals surface area contributed by atoms with E-state index in [1.54, 1.807) is 6.33 Å². The smallest absolute Gasteiger partial charge is 0.254 e. The van der Waals surface area contributed by atoms with Gasteiger partial charge in [-0.2, -0.15) is 0 Å². The van der Waals surface area contributed by atoms with Crippen LogP contribution < -0.4 is 9.80 Å². The van der Waals surface area contributed by atoms with Crippen LogP contribution in [0.5, 0.6) is 0 Å². The molecule has 0 unspecified atom stereocenters. The predicted molar refractivity (Wildman–Crippen MR) is 124 cm³/mol. The molecule has 3 heterocycles. The molecule has 1 aromatic heterocycles. The van der Waals surface area contributed by atoms with Crippen LogP contribution in [0.4, 0.5) is 11.6 Å². The average molecular weight is 417 g/mol. The van der Waals surface area contributed by atoms with Gasteiger partial charge in [0.2, 0.25) is 0 Å². The van der Waals surface area contributed by atoms with Crippen molar-refractivity contribution in [2.45, 2.75) is 0 Å². The molecule has 31 heavy (non-hydrogen) atoms. The number of benzene rings is 2. The Labute approximate surface area is 182 Å². The van der Waals surface area contributed by atoms with Crippen LogP contribution in [-0.2, 0) is 0 Å². The first kappa shape index (κ1) is 19.8. The van der Waals surface area contributed by atoms with E-state index in [-0.39, 0.29) is 5.91 Å². The van der Waals surface area contributed by atoms with E-state index in [0.717, 1.165) is 67.2 Å². The number of likely N-dealkylation sites (N-methyl/N-ethyl adjacent to an activating group) is 1. The van der Waals surface area contributed by atoms with E-state index in [1.165, 1.54) is 0 Å². The number of piperazine rings is 2. The zero-order valence-corrected chi connectivity index (χ0v) is 17.9. The van der Waals surface area contributed by atoms with Gasteiger partial charge in [-0.3, -0.25) is 4.79 Å². The Morgan fingerprint density at radius 3 is 2.10 bits per heavy atom. The number of anilines is 2. The highest BCUT2D eigenvalue weighted by molar-refractivity contribution is 6.07. The van der Waals surface area contributed by atoms with Gasteiger partial charge in [0.1, 0.15) is 18.0 Å². The third kappa shape index (κ3) is 4.05. The minimum absolute atomic E-state index is 0.109. The highest BCUT2D eigenvalue weighted by atomic mass is 16.2. The van der Waals surface area contributed by atoms with Crippen molar-refractivity contribution in [2.24, 2.45) is 0 Å². The number of amides is 1. The van der Waals surface area contributed by atoms with Crippen LogP contribution >= 0.6 is 0 Å². The molecule has 7 heteroatoms. The van der Waals surface area contributed by atoms with Gasteiger partial charge in [-0.25, -0.2) is 9.97 Å². The quantitative estimate of drug-likeness (QED) is 0.653. The van der Waals surface area contributed by atoms with E-state index in [2.05, 4.69) is 49.9 Å². The molecule has 2 aromatic carbocycles. The summed E-state index contributed by atoms with van der Waals surface area (Å²) in [7, 11) is 2.15. The fraction of sp³-hybridized carbons (Fsp3) is 0.375. The number of carbonyl (C=O) groups is 1. The summed E-state index contributed by atoms with van der Waals surface area (Å²) in [6.45, 7) is 7.00. The number of hydrogen-bond acceptors (Lipinski definition) is 6. The number of fused-ring (bicyclic) bond motifs is 1. The fourth-order valence-corrected chi connectivity index (χ4v) is 4.44. The maximum atomic E-state index is 13.2. The van der Waals surface area contributed by atoms with Crippen LogP contribution in [0.2, 0.25) is 0 Å².